The van der Waals surface area contributed by atoms with Gasteiger partial charge in [-0.3, -0.25) is 14.8 Å². The van der Waals surface area contributed by atoms with Crippen LogP contribution in [-0.4, -0.2) is 40.2 Å². The van der Waals surface area contributed by atoms with E-state index in [1.54, 1.807) is 62.4 Å². The smallest absolute Gasteiger partial charge is 0.311 e. The number of anilines is 1. The number of hydrazine groups is 1. The van der Waals surface area contributed by atoms with Crippen LogP contribution in [0, 0.1) is 5.92 Å². The van der Waals surface area contributed by atoms with Gasteiger partial charge in [-0.25, -0.2) is 0 Å². The second kappa shape index (κ2) is 10.1. The number of carboxylic acid groups (broad SMARTS) is 1. The summed E-state index contributed by atoms with van der Waals surface area (Å²) in [5.74, 6) is -4.57. The average Bonchev–Trinajstić information content (AvgIpc) is 3.21. The Morgan fingerprint density at radius 2 is 1.94 bits per heavy atom. The molecule has 10 nitrogen and oxygen atoms in total. The van der Waals surface area contributed by atoms with Gasteiger partial charge in [-0.1, -0.05) is 50.2 Å². The third kappa shape index (κ3) is 5.96. The Kier molecular flexibility index (Phi) is 7.90. The van der Waals surface area contributed by atoms with Gasteiger partial charge in [-0.2, -0.15) is 13.1 Å². The van der Waals surface area contributed by atoms with Crippen molar-refractivity contribution in [1.82, 2.24) is 8.54 Å². The molecule has 33 heavy (non-hydrogen) atoms. The minimum Gasteiger partial charge on any atom is -0.481 e. The molecule has 1 aliphatic heterocycles. The molecule has 180 valence electrons. The van der Waals surface area contributed by atoms with Crippen molar-refractivity contribution in [2.24, 2.45) is 11.7 Å². The molecule has 3 rings (SSSR count). The molecule has 6 N–H and O–H groups in total. The van der Waals surface area contributed by atoms with E-state index in [2.05, 4.69) is 10.1 Å². The lowest BCUT2D eigenvalue weighted by Gasteiger charge is -2.30. The zero-order valence-electron chi connectivity index (χ0n) is 18.1. The summed E-state index contributed by atoms with van der Waals surface area (Å²) in [4.78, 5) is 23.6. The van der Waals surface area contributed by atoms with Gasteiger partial charge in [-0.15, -0.1) is 0 Å². The first kappa shape index (κ1) is 25.7. The number of nitrogens with zero attached hydrogens (tertiary/aromatic N) is 1. The van der Waals surface area contributed by atoms with Gasteiger partial charge in [0.25, 0.3) is 0 Å². The molecular formula is C20H27N4O6PS2. The Morgan fingerprint density at radius 3 is 2.55 bits per heavy atom. The third-order valence-electron chi connectivity index (χ3n) is 5.17. The standard InChI is InChI=1S/C20H27N4O6PS2/c1-13(2)19(23-33(29,30)24-22-17-8-3-4-9-18(17)32-24)31(27,28)12-16(20(25)26)15-7-5-6-14(10-15)11-21/h3-10,13,16,19,22-23H,11-12,21H2,1-2H3,(H,25,26)(H,27,28). The highest BCUT2D eigenvalue weighted by Gasteiger charge is 2.43. The summed E-state index contributed by atoms with van der Waals surface area (Å²) in [5.41, 5.74) is 9.97. The first-order chi connectivity index (χ1) is 15.4. The number of nitrogens with one attached hydrogen (secondary N) is 2. The number of benzene rings is 2. The minimum absolute atomic E-state index is 0.189. The number of para-hydroxylation sites is 1. The van der Waals surface area contributed by atoms with Crippen LogP contribution in [0.25, 0.3) is 0 Å². The molecule has 0 amide bonds. The normalized spacial score (nSPS) is 17.7. The van der Waals surface area contributed by atoms with E-state index >= 15 is 0 Å². The van der Waals surface area contributed by atoms with Gasteiger partial charge in [0, 0.05) is 12.7 Å². The monoisotopic (exact) mass is 514 g/mol. The van der Waals surface area contributed by atoms with Crippen LogP contribution >= 0.6 is 19.3 Å². The molecular weight excluding hydrogens is 487 g/mol. The molecule has 0 radical (unpaired) electrons. The lowest BCUT2D eigenvalue weighted by molar-refractivity contribution is -0.138. The van der Waals surface area contributed by atoms with Crippen molar-refractivity contribution in [3.05, 3.63) is 59.7 Å². The fourth-order valence-corrected chi connectivity index (χ4v) is 8.92. The van der Waals surface area contributed by atoms with E-state index in [-0.39, 0.29) is 6.54 Å². The Morgan fingerprint density at radius 1 is 1.24 bits per heavy atom. The molecule has 3 atom stereocenters. The van der Waals surface area contributed by atoms with E-state index < -0.39 is 47.3 Å². The van der Waals surface area contributed by atoms with Gasteiger partial charge in [0.1, 0.15) is 5.78 Å². The van der Waals surface area contributed by atoms with E-state index in [0.29, 0.717) is 21.7 Å². The van der Waals surface area contributed by atoms with Crippen LogP contribution in [0.4, 0.5) is 5.69 Å². The molecule has 1 aliphatic rings. The fraction of sp³-hybridized carbons (Fsp3) is 0.350. The summed E-state index contributed by atoms with van der Waals surface area (Å²) in [5, 5.41) is 9.76. The number of aliphatic carboxylic acids is 1. The topological polar surface area (TPSA) is 162 Å². The van der Waals surface area contributed by atoms with Crippen LogP contribution in [0.3, 0.4) is 0 Å². The first-order valence-corrected chi connectivity index (χ1v) is 14.3. The lowest BCUT2D eigenvalue weighted by Crippen LogP contribution is -2.46. The maximum atomic E-state index is 13.4. The largest absolute Gasteiger partial charge is 0.481 e. The van der Waals surface area contributed by atoms with E-state index in [9.17, 15) is 27.8 Å². The van der Waals surface area contributed by atoms with Crippen molar-refractivity contribution >= 4 is 41.2 Å². The molecule has 2 aromatic carbocycles. The van der Waals surface area contributed by atoms with E-state index in [0.717, 1.165) is 15.8 Å². The Balaban J connectivity index is 1.84. The molecule has 0 aliphatic carbocycles. The van der Waals surface area contributed by atoms with Crippen molar-refractivity contribution in [2.75, 3.05) is 11.6 Å². The summed E-state index contributed by atoms with van der Waals surface area (Å²) in [6.07, 6.45) is -0.636. The number of carbonyl (C=O) groups is 1. The van der Waals surface area contributed by atoms with Gasteiger partial charge in [-0.05, 0) is 44.9 Å². The zero-order chi connectivity index (χ0) is 24.4. The molecule has 0 fully saturated rings. The number of hydrogen-bond donors (Lipinski definition) is 5. The molecule has 0 bridgehead atoms. The molecule has 0 saturated carbocycles. The van der Waals surface area contributed by atoms with Gasteiger partial charge in [0.2, 0.25) is 7.37 Å². The van der Waals surface area contributed by atoms with Crippen molar-refractivity contribution < 1.29 is 27.8 Å². The number of carboxylic acids is 1. The predicted octanol–water partition coefficient (Wildman–Crippen LogP) is 2.75. The van der Waals surface area contributed by atoms with Crippen molar-refractivity contribution in [2.45, 2.75) is 37.0 Å². The second-order valence-electron chi connectivity index (χ2n) is 8.02. The molecule has 0 spiro atoms. The van der Waals surface area contributed by atoms with Crippen LogP contribution in [-0.2, 0) is 26.1 Å². The maximum absolute atomic E-state index is 13.4. The SMILES string of the molecule is CC(C)C(NS(=O)(=O)N1Nc2ccccc2S1)P(=O)(O)CC(C(=O)O)c1cccc(CN)c1. The van der Waals surface area contributed by atoms with Gasteiger partial charge < -0.3 is 15.7 Å². The maximum Gasteiger partial charge on any atom is 0.311 e. The van der Waals surface area contributed by atoms with Crippen LogP contribution in [0.15, 0.2) is 53.4 Å². The van der Waals surface area contributed by atoms with Crippen LogP contribution in [0.5, 0.6) is 0 Å². The molecule has 2 aromatic rings. The van der Waals surface area contributed by atoms with Crippen molar-refractivity contribution in [3.8, 4) is 0 Å². The number of nitrogens with two attached hydrogens (primary N) is 1. The first-order valence-electron chi connectivity index (χ1n) is 10.1. The molecule has 13 heteroatoms. The highest BCUT2D eigenvalue weighted by molar-refractivity contribution is 8.08. The Bertz CT molecular complexity index is 1150. The fourth-order valence-electron chi connectivity index (χ4n) is 3.48. The lowest BCUT2D eigenvalue weighted by atomic mass is 9.99. The summed E-state index contributed by atoms with van der Waals surface area (Å²) in [7, 11) is -8.58. The van der Waals surface area contributed by atoms with Crippen molar-refractivity contribution in [1.29, 1.82) is 0 Å². The van der Waals surface area contributed by atoms with Gasteiger partial charge in [0.05, 0.1) is 16.5 Å². The quantitative estimate of drug-likeness (QED) is 0.237. The van der Waals surface area contributed by atoms with E-state index in [1.165, 1.54) is 0 Å². The number of rotatable bonds is 10. The molecule has 0 saturated heterocycles. The Hall–Kier alpha value is -1.92. The highest BCUT2D eigenvalue weighted by atomic mass is 32.3. The van der Waals surface area contributed by atoms with Crippen LogP contribution in [0.1, 0.15) is 30.9 Å². The van der Waals surface area contributed by atoms with Gasteiger partial charge >= 0.3 is 16.2 Å². The second-order valence-corrected chi connectivity index (χ2v) is 13.2. The van der Waals surface area contributed by atoms with E-state index in [1.807, 2.05) is 0 Å². The molecule has 1 heterocycles. The molecule has 3 unspecified atom stereocenters. The van der Waals surface area contributed by atoms with Crippen molar-refractivity contribution in [3.63, 3.8) is 0 Å². The van der Waals surface area contributed by atoms with Gasteiger partial charge in [0.15, 0.2) is 0 Å². The average molecular weight is 515 g/mol. The van der Waals surface area contributed by atoms with Crippen LogP contribution in [0.2, 0.25) is 0 Å². The van der Waals surface area contributed by atoms with Crippen LogP contribution < -0.4 is 15.9 Å². The summed E-state index contributed by atoms with van der Waals surface area (Å²) < 4.78 is 42.6. The summed E-state index contributed by atoms with van der Waals surface area (Å²) >= 11 is 0.922. The Labute approximate surface area is 197 Å². The zero-order valence-corrected chi connectivity index (χ0v) is 20.6. The molecule has 0 aromatic heterocycles. The third-order valence-corrected chi connectivity index (χ3v) is 10.5. The highest BCUT2D eigenvalue weighted by Crippen LogP contribution is 2.52. The minimum atomic E-state index is -4.33. The number of fused-ring (bicyclic) bond motifs is 1. The van der Waals surface area contributed by atoms with E-state index in [4.69, 9.17) is 5.73 Å². The number of hydrogen-bond acceptors (Lipinski definition) is 7. The summed E-state index contributed by atoms with van der Waals surface area (Å²) in [6.45, 7) is 3.38. The summed E-state index contributed by atoms with van der Waals surface area (Å²) in [6, 6.07) is 13.5. The predicted molar refractivity (Wildman–Crippen MR) is 128 cm³/mol.